The minimum atomic E-state index is -0.0188. The molecule has 0 unspecified atom stereocenters. The SMILES string of the molecule is O=C(c1nnn(-c2ccccc2)c1C1CC1)N1CCN(c2nc3cccnc3s2)CC1. The third-order valence-electron chi connectivity index (χ3n) is 5.86. The van der Waals surface area contributed by atoms with Gasteiger partial charge in [-0.25, -0.2) is 14.6 Å². The molecule has 0 N–H and O–H groups in total. The van der Waals surface area contributed by atoms with E-state index in [0.717, 1.165) is 52.8 Å². The maximum atomic E-state index is 13.4. The van der Waals surface area contributed by atoms with Crippen LogP contribution in [0.5, 0.6) is 0 Å². The zero-order valence-corrected chi connectivity index (χ0v) is 17.7. The Morgan fingerprint density at radius 2 is 1.81 bits per heavy atom. The normalized spacial score (nSPS) is 16.8. The number of thiazole rings is 1. The van der Waals surface area contributed by atoms with E-state index in [1.54, 1.807) is 17.5 Å². The number of hydrogen-bond acceptors (Lipinski definition) is 7. The molecular weight excluding hydrogens is 410 g/mol. The standard InChI is InChI=1S/C22H21N7OS/c30-21(18-19(15-8-9-15)29(26-25-18)16-5-2-1-3-6-16)27-11-13-28(14-12-27)22-24-17-7-4-10-23-20(17)31-22/h1-7,10,15H,8-9,11-14H2. The zero-order chi connectivity index (χ0) is 20.8. The highest BCUT2D eigenvalue weighted by atomic mass is 32.1. The summed E-state index contributed by atoms with van der Waals surface area (Å²) in [4.78, 5) is 27.5. The Labute approximate surface area is 183 Å². The van der Waals surface area contributed by atoms with Crippen LogP contribution in [0.15, 0.2) is 48.7 Å². The van der Waals surface area contributed by atoms with Crippen LogP contribution in [-0.2, 0) is 0 Å². The molecule has 1 aliphatic carbocycles. The van der Waals surface area contributed by atoms with E-state index in [4.69, 9.17) is 4.98 Å². The maximum absolute atomic E-state index is 13.4. The number of carbonyl (C=O) groups excluding carboxylic acids is 1. The molecule has 0 bridgehead atoms. The van der Waals surface area contributed by atoms with Gasteiger partial charge >= 0.3 is 0 Å². The molecule has 9 heteroatoms. The monoisotopic (exact) mass is 431 g/mol. The van der Waals surface area contributed by atoms with Gasteiger partial charge in [-0.15, -0.1) is 5.10 Å². The molecule has 1 amide bonds. The number of pyridine rings is 1. The minimum absolute atomic E-state index is 0.0188. The van der Waals surface area contributed by atoms with Crippen molar-refractivity contribution in [2.24, 2.45) is 0 Å². The fourth-order valence-corrected chi connectivity index (χ4v) is 5.03. The van der Waals surface area contributed by atoms with Gasteiger partial charge < -0.3 is 9.80 Å². The summed E-state index contributed by atoms with van der Waals surface area (Å²) in [5, 5.41) is 9.64. The van der Waals surface area contributed by atoms with Crippen LogP contribution in [0.25, 0.3) is 16.0 Å². The number of nitrogens with zero attached hydrogens (tertiary/aromatic N) is 7. The van der Waals surface area contributed by atoms with Crippen LogP contribution in [0.2, 0.25) is 0 Å². The van der Waals surface area contributed by atoms with Crippen molar-refractivity contribution in [3.8, 4) is 5.69 Å². The topological polar surface area (TPSA) is 80.0 Å². The molecule has 0 atom stereocenters. The van der Waals surface area contributed by atoms with Gasteiger partial charge in [-0.05, 0) is 37.1 Å². The van der Waals surface area contributed by atoms with Gasteiger partial charge in [0, 0.05) is 38.3 Å². The second-order valence-corrected chi connectivity index (χ2v) is 8.90. The minimum Gasteiger partial charge on any atom is -0.344 e. The zero-order valence-electron chi connectivity index (χ0n) is 16.9. The lowest BCUT2D eigenvalue weighted by atomic mass is 10.2. The summed E-state index contributed by atoms with van der Waals surface area (Å²) in [5.41, 5.74) is 3.33. The predicted octanol–water partition coefficient (Wildman–Crippen LogP) is 3.11. The Morgan fingerprint density at radius 1 is 1.00 bits per heavy atom. The first-order valence-corrected chi connectivity index (χ1v) is 11.4. The van der Waals surface area contributed by atoms with E-state index in [2.05, 4.69) is 20.2 Å². The lowest BCUT2D eigenvalue weighted by Gasteiger charge is -2.34. The molecule has 4 heterocycles. The van der Waals surface area contributed by atoms with E-state index in [1.807, 2.05) is 52.0 Å². The number of hydrogen-bond donors (Lipinski definition) is 0. The molecule has 0 radical (unpaired) electrons. The number of fused-ring (bicyclic) bond motifs is 1. The summed E-state index contributed by atoms with van der Waals surface area (Å²) in [6.07, 6.45) is 3.96. The summed E-state index contributed by atoms with van der Waals surface area (Å²) in [7, 11) is 0. The van der Waals surface area contributed by atoms with Gasteiger partial charge in [0.1, 0.15) is 10.3 Å². The van der Waals surface area contributed by atoms with Crippen LogP contribution in [0.4, 0.5) is 5.13 Å². The Hall–Kier alpha value is -3.33. The van der Waals surface area contributed by atoms with Gasteiger partial charge in [-0.2, -0.15) is 0 Å². The fourth-order valence-electron chi connectivity index (χ4n) is 4.07. The van der Waals surface area contributed by atoms with E-state index >= 15 is 0 Å². The van der Waals surface area contributed by atoms with Crippen molar-refractivity contribution in [3.63, 3.8) is 0 Å². The van der Waals surface area contributed by atoms with Gasteiger partial charge in [0.2, 0.25) is 0 Å². The van der Waals surface area contributed by atoms with E-state index in [9.17, 15) is 4.79 Å². The Kier molecular flexibility index (Phi) is 4.41. The van der Waals surface area contributed by atoms with Gasteiger partial charge in [0.25, 0.3) is 5.91 Å². The number of anilines is 1. The quantitative estimate of drug-likeness (QED) is 0.494. The number of carbonyl (C=O) groups is 1. The average Bonchev–Trinajstić information content (AvgIpc) is 3.41. The van der Waals surface area contributed by atoms with E-state index in [0.29, 0.717) is 24.7 Å². The highest BCUT2D eigenvalue weighted by Gasteiger charge is 2.36. The molecule has 1 saturated carbocycles. The molecule has 1 aliphatic heterocycles. The Bertz CT molecular complexity index is 1210. The molecule has 0 spiro atoms. The van der Waals surface area contributed by atoms with Gasteiger partial charge in [0.05, 0.1) is 11.4 Å². The Balaban J connectivity index is 1.21. The van der Waals surface area contributed by atoms with E-state index < -0.39 is 0 Å². The lowest BCUT2D eigenvalue weighted by Crippen LogP contribution is -2.49. The molecule has 8 nitrogen and oxygen atoms in total. The van der Waals surface area contributed by atoms with E-state index in [-0.39, 0.29) is 5.91 Å². The van der Waals surface area contributed by atoms with Crippen LogP contribution in [0.3, 0.4) is 0 Å². The largest absolute Gasteiger partial charge is 0.344 e. The number of para-hydroxylation sites is 1. The van der Waals surface area contributed by atoms with Crippen molar-refractivity contribution in [3.05, 3.63) is 60.0 Å². The van der Waals surface area contributed by atoms with E-state index in [1.165, 1.54) is 0 Å². The molecule has 4 aromatic rings. The van der Waals surface area contributed by atoms with Crippen LogP contribution in [0.1, 0.15) is 34.9 Å². The molecule has 31 heavy (non-hydrogen) atoms. The van der Waals surface area contributed by atoms with Crippen LogP contribution >= 0.6 is 11.3 Å². The molecular formula is C22H21N7OS. The molecule has 3 aromatic heterocycles. The smallest absolute Gasteiger partial charge is 0.276 e. The predicted molar refractivity (Wildman–Crippen MR) is 119 cm³/mol. The summed E-state index contributed by atoms with van der Waals surface area (Å²) in [5.74, 6) is 0.348. The molecule has 1 saturated heterocycles. The summed E-state index contributed by atoms with van der Waals surface area (Å²) in [6, 6.07) is 13.8. The van der Waals surface area contributed by atoms with Crippen LogP contribution in [0, 0.1) is 0 Å². The van der Waals surface area contributed by atoms with Crippen molar-refractivity contribution in [1.82, 2.24) is 29.9 Å². The Morgan fingerprint density at radius 3 is 2.55 bits per heavy atom. The molecule has 156 valence electrons. The van der Waals surface area contributed by atoms with Crippen molar-refractivity contribution < 1.29 is 4.79 Å². The van der Waals surface area contributed by atoms with Crippen LogP contribution in [-0.4, -0.2) is 61.9 Å². The first-order valence-electron chi connectivity index (χ1n) is 10.5. The fraction of sp³-hybridized carbons (Fsp3) is 0.318. The van der Waals surface area contributed by atoms with Crippen molar-refractivity contribution >= 4 is 32.7 Å². The third-order valence-corrected chi connectivity index (χ3v) is 6.90. The first-order chi connectivity index (χ1) is 15.3. The van der Waals surface area contributed by atoms with Gasteiger partial charge in [-0.3, -0.25) is 4.79 Å². The van der Waals surface area contributed by atoms with Gasteiger partial charge in [-0.1, -0.05) is 34.7 Å². The second-order valence-electron chi connectivity index (χ2n) is 7.95. The highest BCUT2D eigenvalue weighted by Crippen LogP contribution is 2.42. The van der Waals surface area contributed by atoms with Crippen molar-refractivity contribution in [2.45, 2.75) is 18.8 Å². The number of benzene rings is 1. The first kappa shape index (κ1) is 18.4. The second kappa shape index (κ2) is 7.42. The summed E-state index contributed by atoms with van der Waals surface area (Å²) >= 11 is 1.60. The van der Waals surface area contributed by atoms with Gasteiger partial charge in [0.15, 0.2) is 10.8 Å². The third kappa shape index (κ3) is 3.34. The number of piperazine rings is 1. The molecule has 1 aromatic carbocycles. The number of aromatic nitrogens is 5. The maximum Gasteiger partial charge on any atom is 0.276 e. The number of rotatable bonds is 4. The molecule has 2 aliphatic rings. The number of amides is 1. The lowest BCUT2D eigenvalue weighted by molar-refractivity contribution is 0.0739. The molecule has 2 fully saturated rings. The summed E-state index contributed by atoms with van der Waals surface area (Å²) in [6.45, 7) is 2.78. The highest BCUT2D eigenvalue weighted by molar-refractivity contribution is 7.21. The summed E-state index contributed by atoms with van der Waals surface area (Å²) < 4.78 is 1.84. The van der Waals surface area contributed by atoms with Crippen molar-refractivity contribution in [1.29, 1.82) is 0 Å². The molecule has 6 rings (SSSR count). The average molecular weight is 432 g/mol. The van der Waals surface area contributed by atoms with Crippen molar-refractivity contribution in [2.75, 3.05) is 31.1 Å². The van der Waals surface area contributed by atoms with Crippen LogP contribution < -0.4 is 4.90 Å².